The van der Waals surface area contributed by atoms with Gasteiger partial charge in [-0.3, -0.25) is 4.79 Å². The Morgan fingerprint density at radius 1 is 1.23 bits per heavy atom. The van der Waals surface area contributed by atoms with Crippen molar-refractivity contribution in [3.8, 4) is 29.0 Å². The van der Waals surface area contributed by atoms with Gasteiger partial charge in [-0.2, -0.15) is 10.5 Å². The van der Waals surface area contributed by atoms with E-state index in [2.05, 4.69) is 11.4 Å². The second kappa shape index (κ2) is 11.1. The Hall–Kier alpha value is -4.15. The minimum Gasteiger partial charge on any atom is -0.482 e. The van der Waals surface area contributed by atoms with Gasteiger partial charge in [-0.15, -0.1) is 0 Å². The van der Waals surface area contributed by atoms with Gasteiger partial charge in [0, 0.05) is 30.7 Å². The number of nitrogens with zero attached hydrogens (tertiary/aromatic N) is 3. The molecule has 2 amide bonds. The summed E-state index contributed by atoms with van der Waals surface area (Å²) >= 11 is 0. The van der Waals surface area contributed by atoms with Crippen molar-refractivity contribution in [3.63, 3.8) is 0 Å². The van der Waals surface area contributed by atoms with Crippen LogP contribution in [0.15, 0.2) is 30.3 Å². The molecule has 2 aromatic carbocycles. The van der Waals surface area contributed by atoms with Gasteiger partial charge < -0.3 is 24.4 Å². The van der Waals surface area contributed by atoms with E-state index in [1.165, 1.54) is 11.0 Å². The normalized spacial score (nSPS) is 18.5. The molecule has 2 aliphatic rings. The van der Waals surface area contributed by atoms with Crippen molar-refractivity contribution >= 4 is 12.0 Å². The third-order valence-corrected chi connectivity index (χ3v) is 6.72. The smallest absolute Gasteiger partial charge is 0.410 e. The lowest BCUT2D eigenvalue weighted by atomic mass is 9.84. The molecule has 0 radical (unpaired) electrons. The lowest BCUT2D eigenvalue weighted by molar-refractivity contribution is -0.133. The van der Waals surface area contributed by atoms with Crippen LogP contribution >= 0.6 is 0 Å². The predicted octanol–water partition coefficient (Wildman–Crippen LogP) is 4.57. The molecule has 210 valence electrons. The van der Waals surface area contributed by atoms with Crippen LogP contribution in [0, 0.1) is 28.5 Å². The van der Waals surface area contributed by atoms with Crippen LogP contribution in [-0.4, -0.2) is 54.3 Å². The quantitative estimate of drug-likeness (QED) is 0.593. The van der Waals surface area contributed by atoms with Crippen molar-refractivity contribution in [2.24, 2.45) is 0 Å². The number of benzene rings is 2. The standard InChI is InChI=1S/C30H33FN4O5/c1-29(2,3)40-28(37)35-9-6-10-38-26(17-35)27(36)34-20(16-33)12-19-13-25-22(14-24(19)31)21-8-7-18(15-32)11-23(21)30(4,5)39-25/h7-8,11,13-14,20,26H,6,9-10,12,17H2,1-5H3,(H,34,36)/t20?,26-/m0/s1. The van der Waals surface area contributed by atoms with Gasteiger partial charge >= 0.3 is 6.09 Å². The lowest BCUT2D eigenvalue weighted by Gasteiger charge is -2.35. The molecule has 0 bridgehead atoms. The molecule has 0 aliphatic carbocycles. The average molecular weight is 549 g/mol. The van der Waals surface area contributed by atoms with Gasteiger partial charge in [0.15, 0.2) is 6.10 Å². The molecule has 0 spiro atoms. The first kappa shape index (κ1) is 28.8. The Bertz CT molecular complexity index is 1400. The summed E-state index contributed by atoms with van der Waals surface area (Å²) in [4.78, 5) is 27.0. The fourth-order valence-electron chi connectivity index (χ4n) is 4.81. The Kier molecular flexibility index (Phi) is 8.04. The third kappa shape index (κ3) is 6.35. The van der Waals surface area contributed by atoms with Crippen molar-refractivity contribution in [1.82, 2.24) is 10.2 Å². The summed E-state index contributed by atoms with van der Waals surface area (Å²) in [5.74, 6) is -0.671. The summed E-state index contributed by atoms with van der Waals surface area (Å²) in [6.45, 7) is 9.62. The molecule has 2 heterocycles. The van der Waals surface area contributed by atoms with E-state index in [-0.39, 0.29) is 25.1 Å². The Balaban J connectivity index is 1.50. The first-order valence-electron chi connectivity index (χ1n) is 13.2. The summed E-state index contributed by atoms with van der Waals surface area (Å²) in [6.07, 6.45) is -1.12. The molecule has 1 fully saturated rings. The van der Waals surface area contributed by atoms with Crippen LogP contribution in [0.5, 0.6) is 5.75 Å². The number of ether oxygens (including phenoxy) is 3. The first-order valence-corrected chi connectivity index (χ1v) is 13.2. The minimum atomic E-state index is -1.05. The Labute approximate surface area is 233 Å². The van der Waals surface area contributed by atoms with Crippen molar-refractivity contribution in [1.29, 1.82) is 10.5 Å². The monoisotopic (exact) mass is 548 g/mol. The van der Waals surface area contributed by atoms with Crippen LogP contribution in [0.1, 0.15) is 57.7 Å². The van der Waals surface area contributed by atoms with Gasteiger partial charge in [-0.25, -0.2) is 9.18 Å². The molecule has 2 atom stereocenters. The van der Waals surface area contributed by atoms with E-state index >= 15 is 4.39 Å². The van der Waals surface area contributed by atoms with Crippen molar-refractivity contribution in [2.75, 3.05) is 19.7 Å². The number of hydrogen-bond acceptors (Lipinski definition) is 7. The molecule has 10 heteroatoms. The number of rotatable bonds is 4. The number of fused-ring (bicyclic) bond motifs is 3. The molecule has 1 saturated heterocycles. The lowest BCUT2D eigenvalue weighted by Crippen LogP contribution is -2.48. The van der Waals surface area contributed by atoms with Crippen LogP contribution in [-0.2, 0) is 26.3 Å². The number of carbonyl (C=O) groups is 2. The molecule has 2 aromatic rings. The molecule has 0 saturated carbocycles. The van der Waals surface area contributed by atoms with Gasteiger partial charge in [-0.1, -0.05) is 6.07 Å². The van der Waals surface area contributed by atoms with Gasteiger partial charge in [-0.05, 0) is 76.4 Å². The van der Waals surface area contributed by atoms with E-state index in [4.69, 9.17) is 14.2 Å². The second-order valence-electron chi connectivity index (χ2n) is 11.5. The maximum Gasteiger partial charge on any atom is 0.410 e. The molecular weight excluding hydrogens is 515 g/mol. The van der Waals surface area contributed by atoms with Crippen molar-refractivity contribution < 1.29 is 28.2 Å². The van der Waals surface area contributed by atoms with Crippen molar-refractivity contribution in [3.05, 3.63) is 52.8 Å². The molecule has 1 N–H and O–H groups in total. The zero-order valence-electron chi connectivity index (χ0n) is 23.3. The summed E-state index contributed by atoms with van der Waals surface area (Å²) in [6, 6.07) is 11.2. The molecular formula is C30H33FN4O5. The maximum absolute atomic E-state index is 15.3. The zero-order chi connectivity index (χ0) is 29.2. The maximum atomic E-state index is 15.3. The van der Waals surface area contributed by atoms with Crippen LogP contribution in [0.2, 0.25) is 0 Å². The summed E-state index contributed by atoms with van der Waals surface area (Å²) in [7, 11) is 0. The second-order valence-corrected chi connectivity index (χ2v) is 11.5. The number of nitriles is 2. The van der Waals surface area contributed by atoms with Crippen LogP contribution in [0.4, 0.5) is 9.18 Å². The molecule has 40 heavy (non-hydrogen) atoms. The van der Waals surface area contributed by atoms with E-state index in [0.29, 0.717) is 29.8 Å². The fourth-order valence-corrected chi connectivity index (χ4v) is 4.81. The molecule has 4 rings (SSSR count). The summed E-state index contributed by atoms with van der Waals surface area (Å²) < 4.78 is 32.6. The van der Waals surface area contributed by atoms with Crippen LogP contribution in [0.3, 0.4) is 0 Å². The largest absolute Gasteiger partial charge is 0.482 e. The molecule has 2 aliphatic heterocycles. The summed E-state index contributed by atoms with van der Waals surface area (Å²) in [5.41, 5.74) is 1.31. The topological polar surface area (TPSA) is 125 Å². The first-order chi connectivity index (χ1) is 18.8. The van der Waals surface area contributed by atoms with E-state index in [0.717, 1.165) is 11.1 Å². The zero-order valence-corrected chi connectivity index (χ0v) is 23.3. The van der Waals surface area contributed by atoms with Gasteiger partial charge in [0.1, 0.15) is 28.8 Å². The van der Waals surface area contributed by atoms with Crippen LogP contribution < -0.4 is 10.1 Å². The fraction of sp³-hybridized carbons (Fsp3) is 0.467. The van der Waals surface area contributed by atoms with Gasteiger partial charge in [0.2, 0.25) is 0 Å². The Morgan fingerprint density at radius 3 is 2.65 bits per heavy atom. The minimum absolute atomic E-state index is 0.0258. The van der Waals surface area contributed by atoms with E-state index < -0.39 is 41.2 Å². The van der Waals surface area contributed by atoms with Crippen LogP contribution in [0.25, 0.3) is 11.1 Å². The van der Waals surface area contributed by atoms with Gasteiger partial charge in [0.25, 0.3) is 5.91 Å². The highest BCUT2D eigenvalue weighted by Crippen LogP contribution is 2.46. The number of nitrogens with one attached hydrogen (secondary N) is 1. The van der Waals surface area contributed by atoms with Gasteiger partial charge in [0.05, 0.1) is 24.2 Å². The van der Waals surface area contributed by atoms with E-state index in [9.17, 15) is 20.1 Å². The van der Waals surface area contributed by atoms with E-state index in [1.54, 1.807) is 45.0 Å². The number of amides is 2. The highest BCUT2D eigenvalue weighted by molar-refractivity contribution is 5.82. The van der Waals surface area contributed by atoms with Crippen molar-refractivity contribution in [2.45, 2.75) is 70.8 Å². The predicted molar refractivity (Wildman–Crippen MR) is 144 cm³/mol. The average Bonchev–Trinajstić information content (AvgIpc) is 3.15. The summed E-state index contributed by atoms with van der Waals surface area (Å²) in [5, 5.41) is 21.7. The highest BCUT2D eigenvalue weighted by atomic mass is 19.1. The Morgan fingerprint density at radius 2 is 1.98 bits per heavy atom. The SMILES string of the molecule is CC(C)(C)OC(=O)N1CCCO[C@H](C(=O)NC(C#N)Cc2cc3c(cc2F)-c2ccc(C#N)cc2C(C)(C)O3)C1. The highest BCUT2D eigenvalue weighted by Gasteiger charge is 2.35. The number of halogens is 1. The number of carbonyl (C=O) groups excluding carboxylic acids is 2. The molecule has 0 aromatic heterocycles. The molecule has 1 unspecified atom stereocenters. The molecule has 9 nitrogen and oxygen atoms in total. The number of hydrogen-bond donors (Lipinski definition) is 1. The third-order valence-electron chi connectivity index (χ3n) is 6.72. The van der Waals surface area contributed by atoms with E-state index in [1.807, 2.05) is 19.9 Å².